The van der Waals surface area contributed by atoms with E-state index in [1.807, 2.05) is 95.7 Å². The summed E-state index contributed by atoms with van der Waals surface area (Å²) in [6, 6.07) is 40.3. The van der Waals surface area contributed by atoms with E-state index in [9.17, 15) is 5.11 Å². The number of halogens is 2. The van der Waals surface area contributed by atoms with Crippen LogP contribution >= 0.6 is 45.9 Å². The summed E-state index contributed by atoms with van der Waals surface area (Å²) in [5.74, 6) is -0.880. The topological polar surface area (TPSA) is 122 Å². The van der Waals surface area contributed by atoms with Gasteiger partial charge in [-0.2, -0.15) is 9.36 Å². The highest BCUT2D eigenvalue weighted by Gasteiger charge is 2.34. The van der Waals surface area contributed by atoms with Gasteiger partial charge in [-0.3, -0.25) is 19.8 Å². The number of aromatic amines is 2. The molecule has 0 aliphatic carbocycles. The zero-order valence-electron chi connectivity index (χ0n) is 29.1. The molecule has 4 heterocycles. The maximum Gasteiger partial charge on any atom is 0.278 e. The van der Waals surface area contributed by atoms with Crippen LogP contribution in [0.5, 0.6) is 5.75 Å². The quantitative estimate of drug-likeness (QED) is 0.134. The van der Waals surface area contributed by atoms with E-state index < -0.39 is 5.92 Å². The molecule has 5 aromatic carbocycles. The van der Waals surface area contributed by atoms with Crippen molar-refractivity contribution in [2.45, 2.75) is 5.92 Å². The minimum absolute atomic E-state index is 0.0482. The highest BCUT2D eigenvalue weighted by molar-refractivity contribution is 7.12. The van der Waals surface area contributed by atoms with E-state index in [1.54, 1.807) is 48.5 Å². The van der Waals surface area contributed by atoms with Crippen LogP contribution in [-0.2, 0) is 0 Å². The molecule has 0 aliphatic rings. The predicted molar refractivity (Wildman–Crippen MR) is 225 cm³/mol. The van der Waals surface area contributed by atoms with Crippen LogP contribution in [0, 0.1) is 0 Å². The summed E-state index contributed by atoms with van der Waals surface area (Å²) in [5, 5.41) is 23.0. The average Bonchev–Trinajstić information content (AvgIpc) is 4.04. The number of aromatic nitrogens is 6. The molecule has 9 nitrogen and oxygen atoms in total. The van der Waals surface area contributed by atoms with Crippen molar-refractivity contribution in [2.24, 2.45) is 0 Å². The molecule has 4 aromatic heterocycles. The lowest BCUT2D eigenvalue weighted by atomic mass is 9.83. The monoisotopic (exact) mass is 810 g/mol. The predicted octanol–water partition coefficient (Wildman–Crippen LogP) is 10.4. The standard InChI is InChI=1S/C43H28Cl2N6O3S2/c44-30-17-11-25(12-18-30)33-23-55-42(46-33)50-40(53)36(38(48-50)28-7-3-1-4-8-28)35(27-15-21-32(52)22-16-27)37-39(29-9-5-2-6-10-29)49-51(41(37)54)43-47-34(24-56-43)26-13-19-31(45)20-14-26/h1-24,35,48-49,52H. The van der Waals surface area contributed by atoms with Gasteiger partial charge in [0, 0.05) is 37.9 Å². The van der Waals surface area contributed by atoms with Gasteiger partial charge in [-0.25, -0.2) is 9.97 Å². The zero-order valence-corrected chi connectivity index (χ0v) is 32.2. The number of phenolic OH excluding ortho intramolecular Hbond substituents is 1. The molecule has 0 amide bonds. The van der Waals surface area contributed by atoms with Crippen molar-refractivity contribution >= 4 is 45.9 Å². The molecule has 9 rings (SSSR count). The number of H-pyrrole nitrogens is 2. The van der Waals surface area contributed by atoms with Crippen molar-refractivity contribution in [3.8, 4) is 61.0 Å². The van der Waals surface area contributed by atoms with Gasteiger partial charge in [0.1, 0.15) is 5.75 Å². The molecule has 0 fully saturated rings. The summed E-state index contributed by atoms with van der Waals surface area (Å²) < 4.78 is 2.86. The highest BCUT2D eigenvalue weighted by Crippen LogP contribution is 2.40. The second-order valence-corrected chi connectivity index (χ2v) is 15.4. The Morgan fingerprint density at radius 2 is 0.946 bits per heavy atom. The van der Waals surface area contributed by atoms with Crippen molar-refractivity contribution in [3.05, 3.63) is 192 Å². The van der Waals surface area contributed by atoms with Gasteiger partial charge >= 0.3 is 0 Å². The number of nitrogens with one attached hydrogen (secondary N) is 2. The van der Waals surface area contributed by atoms with Crippen LogP contribution in [0.25, 0.3) is 55.3 Å². The zero-order chi connectivity index (χ0) is 38.3. The van der Waals surface area contributed by atoms with E-state index in [0.717, 1.165) is 22.3 Å². The first kappa shape index (κ1) is 35.5. The van der Waals surface area contributed by atoms with Crippen LogP contribution in [0.15, 0.2) is 154 Å². The molecule has 0 bridgehead atoms. The van der Waals surface area contributed by atoms with Crippen molar-refractivity contribution in [2.75, 3.05) is 0 Å². The van der Waals surface area contributed by atoms with E-state index in [0.29, 0.717) is 59.8 Å². The normalized spacial score (nSPS) is 11.4. The molecular weight excluding hydrogens is 784 g/mol. The van der Waals surface area contributed by atoms with E-state index in [-0.39, 0.29) is 16.9 Å². The number of aromatic hydroxyl groups is 1. The average molecular weight is 812 g/mol. The SMILES string of the molecule is O=c1c(C(c2ccc(O)cc2)c2c(-c3ccccc3)[nH]n(-c3nc(-c4ccc(Cl)cc4)cs3)c2=O)c(-c2ccccc2)[nH]n1-c1nc(-c2ccc(Cl)cc2)cs1. The van der Waals surface area contributed by atoms with E-state index in [2.05, 4.69) is 10.2 Å². The fourth-order valence-corrected chi connectivity index (χ4v) is 8.57. The summed E-state index contributed by atoms with van der Waals surface area (Å²) in [6.07, 6.45) is 0. The molecular formula is C43H28Cl2N6O3S2. The van der Waals surface area contributed by atoms with Gasteiger partial charge in [-0.1, -0.05) is 120 Å². The molecule has 0 atom stereocenters. The summed E-state index contributed by atoms with van der Waals surface area (Å²) in [5.41, 5.74) is 6.07. The number of benzene rings is 5. The Morgan fingerprint density at radius 3 is 1.36 bits per heavy atom. The molecule has 56 heavy (non-hydrogen) atoms. The lowest BCUT2D eigenvalue weighted by molar-refractivity contribution is 0.475. The van der Waals surface area contributed by atoms with Crippen molar-refractivity contribution in [1.29, 1.82) is 0 Å². The molecule has 9 aromatic rings. The Bertz CT molecular complexity index is 2750. The lowest BCUT2D eigenvalue weighted by Gasteiger charge is -2.18. The summed E-state index contributed by atoms with van der Waals surface area (Å²) >= 11 is 14.9. The van der Waals surface area contributed by atoms with Gasteiger partial charge in [0.15, 0.2) is 0 Å². The highest BCUT2D eigenvalue weighted by atomic mass is 35.5. The number of hydrogen-bond acceptors (Lipinski definition) is 7. The Hall–Kier alpha value is -6.24. The first-order valence-corrected chi connectivity index (χ1v) is 19.9. The maximum atomic E-state index is 15.1. The first-order valence-electron chi connectivity index (χ1n) is 17.4. The van der Waals surface area contributed by atoms with Crippen LogP contribution in [0.3, 0.4) is 0 Å². The van der Waals surface area contributed by atoms with Crippen LogP contribution in [-0.4, -0.2) is 34.6 Å². The van der Waals surface area contributed by atoms with Crippen molar-refractivity contribution < 1.29 is 5.11 Å². The first-order chi connectivity index (χ1) is 27.3. The second kappa shape index (κ2) is 14.8. The van der Waals surface area contributed by atoms with Gasteiger partial charge in [0.25, 0.3) is 11.1 Å². The Balaban J connectivity index is 1.29. The fourth-order valence-electron chi connectivity index (χ4n) is 6.74. The van der Waals surface area contributed by atoms with E-state index >= 15 is 9.59 Å². The Morgan fingerprint density at radius 1 is 0.536 bits per heavy atom. The molecule has 0 saturated heterocycles. The molecule has 0 unspecified atom stereocenters. The number of phenols is 1. The summed E-state index contributed by atoms with van der Waals surface area (Å²) in [6.45, 7) is 0. The molecule has 3 N–H and O–H groups in total. The van der Waals surface area contributed by atoms with Gasteiger partial charge < -0.3 is 5.11 Å². The van der Waals surface area contributed by atoms with E-state index in [1.165, 1.54) is 32.0 Å². The van der Waals surface area contributed by atoms with Crippen molar-refractivity contribution in [1.82, 2.24) is 29.5 Å². The Kier molecular flexibility index (Phi) is 9.36. The number of nitrogens with zero attached hydrogens (tertiary/aromatic N) is 4. The molecule has 0 saturated carbocycles. The number of hydrogen-bond donors (Lipinski definition) is 3. The second-order valence-electron chi connectivity index (χ2n) is 12.9. The molecule has 0 spiro atoms. The molecule has 0 aliphatic heterocycles. The number of rotatable bonds is 9. The van der Waals surface area contributed by atoms with Gasteiger partial charge in [-0.15, -0.1) is 22.7 Å². The van der Waals surface area contributed by atoms with Crippen LogP contribution in [0.4, 0.5) is 0 Å². The maximum absolute atomic E-state index is 15.1. The third-order valence-electron chi connectivity index (χ3n) is 9.43. The number of thiazole rings is 2. The third-order valence-corrected chi connectivity index (χ3v) is 11.6. The largest absolute Gasteiger partial charge is 0.508 e. The van der Waals surface area contributed by atoms with Crippen LogP contribution in [0.1, 0.15) is 22.6 Å². The minimum Gasteiger partial charge on any atom is -0.508 e. The minimum atomic E-state index is -0.928. The van der Waals surface area contributed by atoms with Crippen LogP contribution < -0.4 is 11.1 Å². The third kappa shape index (κ3) is 6.60. The molecule has 0 radical (unpaired) electrons. The van der Waals surface area contributed by atoms with Crippen LogP contribution in [0.2, 0.25) is 10.0 Å². The Labute approximate surface area is 337 Å². The van der Waals surface area contributed by atoms with Gasteiger partial charge in [0.05, 0.1) is 33.9 Å². The van der Waals surface area contributed by atoms with Gasteiger partial charge in [-0.05, 0) is 53.1 Å². The summed E-state index contributed by atoms with van der Waals surface area (Å²) in [7, 11) is 0. The molecule has 13 heteroatoms. The van der Waals surface area contributed by atoms with Crippen molar-refractivity contribution in [3.63, 3.8) is 0 Å². The van der Waals surface area contributed by atoms with E-state index in [4.69, 9.17) is 33.2 Å². The van der Waals surface area contributed by atoms with Gasteiger partial charge in [0.2, 0.25) is 10.3 Å². The smallest absolute Gasteiger partial charge is 0.278 e. The fraction of sp³-hybridized carbons (Fsp3) is 0.0233. The lowest BCUT2D eigenvalue weighted by Crippen LogP contribution is -2.25. The summed E-state index contributed by atoms with van der Waals surface area (Å²) in [4.78, 5) is 39.9. The molecule has 274 valence electrons.